The Bertz CT molecular complexity index is 389. The third-order valence-electron chi connectivity index (χ3n) is 3.07. The molecule has 2 rings (SSSR count). The lowest BCUT2D eigenvalue weighted by molar-refractivity contribution is -0.137. The van der Waals surface area contributed by atoms with Crippen LogP contribution in [0.25, 0.3) is 0 Å². The molecular formula is C13H17NO2. The highest BCUT2D eigenvalue weighted by Crippen LogP contribution is 2.37. The minimum atomic E-state index is -0.710. The van der Waals surface area contributed by atoms with Crippen LogP contribution in [-0.2, 0) is 4.79 Å². The molecule has 1 aromatic carbocycles. The number of benzene rings is 1. The molecule has 0 radical (unpaired) electrons. The summed E-state index contributed by atoms with van der Waals surface area (Å²) in [5, 5.41) is 8.90. The fourth-order valence-electron chi connectivity index (χ4n) is 2.45. The summed E-state index contributed by atoms with van der Waals surface area (Å²) in [6.07, 6.45) is 1.32. The summed E-state index contributed by atoms with van der Waals surface area (Å²) in [5.41, 5.74) is 2.41. The molecule has 1 N–H and O–H groups in total. The molecule has 16 heavy (non-hydrogen) atoms. The molecule has 1 unspecified atom stereocenters. The highest BCUT2D eigenvalue weighted by molar-refractivity contribution is 5.71. The fourth-order valence-corrected chi connectivity index (χ4v) is 2.45. The second-order valence-electron chi connectivity index (χ2n) is 4.30. The summed E-state index contributed by atoms with van der Waals surface area (Å²) in [5.74, 6) is -0.557. The summed E-state index contributed by atoms with van der Waals surface area (Å²) in [6.45, 7) is 4.00. The van der Waals surface area contributed by atoms with Crippen LogP contribution < -0.4 is 4.90 Å². The summed E-state index contributed by atoms with van der Waals surface area (Å²) in [4.78, 5) is 13.1. The van der Waals surface area contributed by atoms with Gasteiger partial charge in [0.25, 0.3) is 0 Å². The Labute approximate surface area is 95.7 Å². The van der Waals surface area contributed by atoms with E-state index in [1.54, 1.807) is 0 Å². The number of aliphatic carboxylic acids is 1. The first-order valence-electron chi connectivity index (χ1n) is 5.78. The van der Waals surface area contributed by atoms with E-state index in [1.165, 1.54) is 11.3 Å². The summed E-state index contributed by atoms with van der Waals surface area (Å²) < 4.78 is 0. The summed E-state index contributed by atoms with van der Waals surface area (Å²) >= 11 is 0. The molecule has 0 aromatic heterocycles. The topological polar surface area (TPSA) is 40.5 Å². The van der Waals surface area contributed by atoms with Gasteiger partial charge < -0.3 is 10.0 Å². The number of carbonyl (C=O) groups is 1. The lowest BCUT2D eigenvalue weighted by atomic mass is 9.98. The Morgan fingerprint density at radius 3 is 2.94 bits per heavy atom. The molecule has 0 saturated carbocycles. The first kappa shape index (κ1) is 11.0. The van der Waals surface area contributed by atoms with Gasteiger partial charge in [-0.3, -0.25) is 4.79 Å². The van der Waals surface area contributed by atoms with E-state index in [-0.39, 0.29) is 12.3 Å². The molecule has 1 heterocycles. The minimum Gasteiger partial charge on any atom is -0.481 e. The average molecular weight is 219 g/mol. The molecule has 0 aliphatic carbocycles. The highest BCUT2D eigenvalue weighted by Gasteiger charge is 2.28. The maximum Gasteiger partial charge on any atom is 0.304 e. The van der Waals surface area contributed by atoms with E-state index >= 15 is 0 Å². The molecule has 1 aromatic rings. The molecule has 0 fully saturated rings. The molecule has 3 heteroatoms. The van der Waals surface area contributed by atoms with Gasteiger partial charge in [0.2, 0.25) is 0 Å². The maximum atomic E-state index is 10.8. The van der Waals surface area contributed by atoms with E-state index in [0.717, 1.165) is 19.5 Å². The summed E-state index contributed by atoms with van der Waals surface area (Å²) in [6, 6.07) is 8.15. The third kappa shape index (κ3) is 2.03. The SMILES string of the molecule is CCCN1CC(CC(=O)O)c2ccccc21. The lowest BCUT2D eigenvalue weighted by Gasteiger charge is -2.18. The van der Waals surface area contributed by atoms with Crippen molar-refractivity contribution in [3.63, 3.8) is 0 Å². The van der Waals surface area contributed by atoms with Crippen LogP contribution in [0.5, 0.6) is 0 Å². The predicted octanol–water partition coefficient (Wildman–Crippen LogP) is 2.47. The van der Waals surface area contributed by atoms with Crippen molar-refractivity contribution in [2.24, 2.45) is 0 Å². The van der Waals surface area contributed by atoms with Gasteiger partial charge in [0.15, 0.2) is 0 Å². The van der Waals surface area contributed by atoms with Gasteiger partial charge in [-0.2, -0.15) is 0 Å². The quantitative estimate of drug-likeness (QED) is 0.845. The molecule has 0 saturated heterocycles. The van der Waals surface area contributed by atoms with Crippen LogP contribution in [0.1, 0.15) is 31.2 Å². The maximum absolute atomic E-state index is 10.8. The number of carboxylic acid groups (broad SMARTS) is 1. The second-order valence-corrected chi connectivity index (χ2v) is 4.30. The molecule has 0 bridgehead atoms. The molecule has 0 amide bonds. The van der Waals surface area contributed by atoms with Gasteiger partial charge in [-0.1, -0.05) is 25.1 Å². The van der Waals surface area contributed by atoms with Gasteiger partial charge in [0.05, 0.1) is 6.42 Å². The second kappa shape index (κ2) is 4.56. The Morgan fingerprint density at radius 2 is 2.25 bits per heavy atom. The van der Waals surface area contributed by atoms with Gasteiger partial charge in [-0.25, -0.2) is 0 Å². The van der Waals surface area contributed by atoms with Crippen molar-refractivity contribution in [3.05, 3.63) is 29.8 Å². The Kier molecular flexibility index (Phi) is 3.13. The van der Waals surface area contributed by atoms with Gasteiger partial charge in [0, 0.05) is 24.7 Å². The predicted molar refractivity (Wildman–Crippen MR) is 63.9 cm³/mol. The fraction of sp³-hybridized carbons (Fsp3) is 0.462. The third-order valence-corrected chi connectivity index (χ3v) is 3.07. The Hall–Kier alpha value is -1.51. The summed E-state index contributed by atoms with van der Waals surface area (Å²) in [7, 11) is 0. The van der Waals surface area contributed by atoms with Crippen molar-refractivity contribution in [1.82, 2.24) is 0 Å². The zero-order chi connectivity index (χ0) is 11.5. The van der Waals surface area contributed by atoms with Crippen molar-refractivity contribution in [2.75, 3.05) is 18.0 Å². The van der Waals surface area contributed by atoms with Gasteiger partial charge in [-0.15, -0.1) is 0 Å². The molecule has 3 nitrogen and oxygen atoms in total. The minimum absolute atomic E-state index is 0.153. The van der Waals surface area contributed by atoms with Crippen molar-refractivity contribution < 1.29 is 9.90 Å². The first-order chi connectivity index (χ1) is 7.72. The lowest BCUT2D eigenvalue weighted by Crippen LogP contribution is -2.23. The van der Waals surface area contributed by atoms with E-state index in [9.17, 15) is 4.79 Å². The van der Waals surface area contributed by atoms with Crippen molar-refractivity contribution in [1.29, 1.82) is 0 Å². The van der Waals surface area contributed by atoms with Crippen molar-refractivity contribution in [2.45, 2.75) is 25.7 Å². The molecule has 86 valence electrons. The van der Waals surface area contributed by atoms with Crippen LogP contribution in [-0.4, -0.2) is 24.2 Å². The number of hydrogen-bond acceptors (Lipinski definition) is 2. The van der Waals surface area contributed by atoms with E-state index in [1.807, 2.05) is 12.1 Å². The molecule has 1 aliphatic rings. The molecule has 1 aliphatic heterocycles. The highest BCUT2D eigenvalue weighted by atomic mass is 16.4. The van der Waals surface area contributed by atoms with Gasteiger partial charge >= 0.3 is 5.97 Å². The van der Waals surface area contributed by atoms with Crippen LogP contribution in [0, 0.1) is 0 Å². The standard InChI is InChI=1S/C13H17NO2/c1-2-7-14-9-10(8-13(15)16)11-5-3-4-6-12(11)14/h3-6,10H,2,7-9H2,1H3,(H,15,16). The van der Waals surface area contributed by atoms with E-state index < -0.39 is 5.97 Å². The van der Waals surface area contributed by atoms with Crippen LogP contribution in [0.15, 0.2) is 24.3 Å². The first-order valence-corrected chi connectivity index (χ1v) is 5.78. The normalized spacial score (nSPS) is 18.6. The van der Waals surface area contributed by atoms with Gasteiger partial charge in [0.1, 0.15) is 0 Å². The number of nitrogens with zero attached hydrogens (tertiary/aromatic N) is 1. The van der Waals surface area contributed by atoms with Crippen molar-refractivity contribution >= 4 is 11.7 Å². The number of fused-ring (bicyclic) bond motifs is 1. The largest absolute Gasteiger partial charge is 0.481 e. The monoisotopic (exact) mass is 219 g/mol. The van der Waals surface area contributed by atoms with Gasteiger partial charge in [-0.05, 0) is 18.1 Å². The molecular weight excluding hydrogens is 202 g/mol. The number of rotatable bonds is 4. The average Bonchev–Trinajstić information content (AvgIpc) is 2.58. The van der Waals surface area contributed by atoms with Crippen LogP contribution >= 0.6 is 0 Å². The number of anilines is 1. The zero-order valence-corrected chi connectivity index (χ0v) is 9.52. The van der Waals surface area contributed by atoms with E-state index in [2.05, 4.69) is 24.0 Å². The van der Waals surface area contributed by atoms with Crippen LogP contribution in [0.3, 0.4) is 0 Å². The van der Waals surface area contributed by atoms with Crippen LogP contribution in [0.4, 0.5) is 5.69 Å². The van der Waals surface area contributed by atoms with Crippen LogP contribution in [0.2, 0.25) is 0 Å². The van der Waals surface area contributed by atoms with E-state index in [0.29, 0.717) is 0 Å². The Balaban J connectivity index is 2.24. The smallest absolute Gasteiger partial charge is 0.304 e. The van der Waals surface area contributed by atoms with E-state index in [4.69, 9.17) is 5.11 Å². The molecule has 0 spiro atoms. The number of para-hydroxylation sites is 1. The Morgan fingerprint density at radius 1 is 1.50 bits per heavy atom. The zero-order valence-electron chi connectivity index (χ0n) is 9.52. The van der Waals surface area contributed by atoms with Crippen molar-refractivity contribution in [3.8, 4) is 0 Å². The molecule has 1 atom stereocenters. The number of carboxylic acids is 1. The number of hydrogen-bond donors (Lipinski definition) is 1.